The van der Waals surface area contributed by atoms with Crippen molar-refractivity contribution in [3.63, 3.8) is 0 Å². The average Bonchev–Trinajstić information content (AvgIpc) is 3.65. The van der Waals surface area contributed by atoms with E-state index in [1.54, 1.807) is 35.9 Å². The van der Waals surface area contributed by atoms with E-state index in [0.717, 1.165) is 41.8 Å². The zero-order valence-electron chi connectivity index (χ0n) is 22.2. The predicted molar refractivity (Wildman–Crippen MR) is 162 cm³/mol. The molecular formula is C31H28FN7OS. The van der Waals surface area contributed by atoms with Gasteiger partial charge in [-0.05, 0) is 54.6 Å². The van der Waals surface area contributed by atoms with Crippen LogP contribution in [0.15, 0.2) is 71.4 Å². The number of amides is 1. The molecule has 1 fully saturated rings. The molecule has 0 saturated heterocycles. The van der Waals surface area contributed by atoms with E-state index in [9.17, 15) is 4.79 Å². The van der Waals surface area contributed by atoms with Gasteiger partial charge in [-0.3, -0.25) is 14.8 Å². The second-order valence-corrected chi connectivity index (χ2v) is 11.3. The minimum atomic E-state index is -0.431. The Kier molecular flexibility index (Phi) is 6.68. The first-order valence-corrected chi connectivity index (χ1v) is 14.7. The molecule has 0 atom stereocenters. The molecule has 3 aromatic heterocycles. The van der Waals surface area contributed by atoms with Gasteiger partial charge in [0.25, 0.3) is 0 Å². The van der Waals surface area contributed by atoms with Crippen LogP contribution in [0.5, 0.6) is 0 Å². The summed E-state index contributed by atoms with van der Waals surface area (Å²) < 4.78 is 16.4. The number of carbonyl (C=O) groups excluding carboxylic acids is 1. The largest absolute Gasteiger partial charge is 0.366 e. The normalized spacial score (nSPS) is 16.4. The molecule has 5 heterocycles. The molecule has 1 aliphatic carbocycles. The van der Waals surface area contributed by atoms with Crippen LogP contribution < -0.4 is 16.0 Å². The fourth-order valence-electron chi connectivity index (χ4n) is 5.70. The number of hydrogen-bond donors (Lipinski definition) is 4. The lowest BCUT2D eigenvalue weighted by atomic mass is 9.88. The fourth-order valence-corrected chi connectivity index (χ4v) is 6.45. The number of thiophene rings is 1. The van der Waals surface area contributed by atoms with Gasteiger partial charge in [-0.15, -0.1) is 11.3 Å². The molecule has 1 aromatic carbocycles. The highest BCUT2D eigenvalue weighted by atomic mass is 32.1. The SMILES string of the molecule is O=C(Nc1cncc(-c2ccc3c(c2F)C(c2nc4c([nH]2)C(c2cccs2)=CC=CN4)=NCN3)c1)C1CCCCC1. The molecule has 4 aromatic rings. The maximum Gasteiger partial charge on any atom is 0.227 e. The van der Waals surface area contributed by atoms with Gasteiger partial charge in [0.2, 0.25) is 5.91 Å². The molecule has 4 N–H and O–H groups in total. The topological polar surface area (TPSA) is 107 Å². The Hall–Kier alpha value is -4.57. The molecule has 0 unspecified atom stereocenters. The van der Waals surface area contributed by atoms with Crippen LogP contribution in [0.1, 0.15) is 54.1 Å². The van der Waals surface area contributed by atoms with Gasteiger partial charge in [-0.1, -0.05) is 25.3 Å². The molecule has 0 bridgehead atoms. The summed E-state index contributed by atoms with van der Waals surface area (Å²) in [6.45, 7) is 0.303. The van der Waals surface area contributed by atoms with Crippen molar-refractivity contribution in [2.75, 3.05) is 22.6 Å². The molecule has 1 amide bonds. The van der Waals surface area contributed by atoms with Crippen LogP contribution in [0.3, 0.4) is 0 Å². The molecular weight excluding hydrogens is 537 g/mol. The number of aliphatic imine (C=N–C) groups is 1. The summed E-state index contributed by atoms with van der Waals surface area (Å²) in [5, 5.41) is 11.4. The maximum atomic E-state index is 16.4. The Balaban J connectivity index is 1.23. The van der Waals surface area contributed by atoms with E-state index in [2.05, 4.69) is 37.0 Å². The molecule has 0 spiro atoms. The summed E-state index contributed by atoms with van der Waals surface area (Å²) in [7, 11) is 0. The number of carbonyl (C=O) groups is 1. The van der Waals surface area contributed by atoms with Crippen LogP contribution in [0, 0.1) is 11.7 Å². The number of pyridine rings is 1. The van der Waals surface area contributed by atoms with Crippen LogP contribution in [-0.2, 0) is 4.79 Å². The lowest BCUT2D eigenvalue weighted by Gasteiger charge is -2.21. The van der Waals surface area contributed by atoms with Crippen LogP contribution in [0.2, 0.25) is 0 Å². The summed E-state index contributed by atoms with van der Waals surface area (Å²) in [6, 6.07) is 9.42. The number of hydrogen-bond acceptors (Lipinski definition) is 7. The Morgan fingerprint density at radius 3 is 2.88 bits per heavy atom. The van der Waals surface area contributed by atoms with Crippen LogP contribution in [0.25, 0.3) is 16.7 Å². The van der Waals surface area contributed by atoms with Crippen molar-refractivity contribution in [2.24, 2.45) is 10.9 Å². The third-order valence-corrected chi connectivity index (χ3v) is 8.64. The van der Waals surface area contributed by atoms with Crippen molar-refractivity contribution in [2.45, 2.75) is 32.1 Å². The Labute approximate surface area is 240 Å². The summed E-state index contributed by atoms with van der Waals surface area (Å²) in [4.78, 5) is 31.1. The number of nitrogens with one attached hydrogen (secondary N) is 4. The molecule has 10 heteroatoms. The van der Waals surface area contributed by atoms with Gasteiger partial charge in [0.05, 0.1) is 23.1 Å². The number of aromatic amines is 1. The number of benzene rings is 1. The van der Waals surface area contributed by atoms with Crippen molar-refractivity contribution in [1.82, 2.24) is 15.0 Å². The van der Waals surface area contributed by atoms with Crippen molar-refractivity contribution in [1.29, 1.82) is 0 Å². The first kappa shape index (κ1) is 25.4. The molecule has 3 aliphatic rings. The number of imidazole rings is 1. The first-order chi connectivity index (χ1) is 20.2. The highest BCUT2D eigenvalue weighted by molar-refractivity contribution is 7.11. The smallest absolute Gasteiger partial charge is 0.227 e. The van der Waals surface area contributed by atoms with E-state index in [1.807, 2.05) is 35.9 Å². The predicted octanol–water partition coefficient (Wildman–Crippen LogP) is 6.78. The Morgan fingerprint density at radius 1 is 1.12 bits per heavy atom. The Morgan fingerprint density at radius 2 is 2.02 bits per heavy atom. The standard InChI is InChI=1S/C31H28FN7OS/c32-26-21(19-14-20(16-33-15-19)37-31(40)18-6-2-1-3-7-18)10-11-23-25(26)28(36-17-35-23)30-38-27-22(24-9-5-13-41-24)8-4-12-34-29(27)39-30/h4-5,8-16,18,34-35H,1-3,6-7,17H2,(H,37,40)(H,38,39). The van der Waals surface area contributed by atoms with Crippen LogP contribution >= 0.6 is 11.3 Å². The van der Waals surface area contributed by atoms with Crippen molar-refractivity contribution < 1.29 is 9.18 Å². The minimum Gasteiger partial charge on any atom is -0.366 e. The summed E-state index contributed by atoms with van der Waals surface area (Å²) in [6.07, 6.45) is 14.1. The van der Waals surface area contributed by atoms with Gasteiger partial charge < -0.3 is 20.9 Å². The number of fused-ring (bicyclic) bond motifs is 2. The fraction of sp³-hybridized carbons (Fsp3) is 0.226. The molecule has 7 rings (SSSR count). The number of allylic oxidation sites excluding steroid dienone is 2. The highest BCUT2D eigenvalue weighted by Gasteiger charge is 2.28. The quantitative estimate of drug-likeness (QED) is 0.213. The van der Waals surface area contributed by atoms with Gasteiger partial charge in [0, 0.05) is 45.6 Å². The molecule has 0 radical (unpaired) electrons. The van der Waals surface area contributed by atoms with Crippen LogP contribution in [0.4, 0.5) is 21.6 Å². The second kappa shape index (κ2) is 10.8. The van der Waals surface area contributed by atoms with Gasteiger partial charge in [0.15, 0.2) is 11.6 Å². The van der Waals surface area contributed by atoms with E-state index in [1.165, 1.54) is 6.42 Å². The second-order valence-electron chi connectivity index (χ2n) is 10.3. The monoisotopic (exact) mass is 565 g/mol. The van der Waals surface area contributed by atoms with Gasteiger partial charge in [-0.2, -0.15) is 0 Å². The van der Waals surface area contributed by atoms with Gasteiger partial charge >= 0.3 is 0 Å². The zero-order chi connectivity index (χ0) is 27.8. The summed E-state index contributed by atoms with van der Waals surface area (Å²) in [5.74, 6) is 0.718. The average molecular weight is 566 g/mol. The third kappa shape index (κ3) is 4.84. The van der Waals surface area contributed by atoms with E-state index in [4.69, 9.17) is 4.98 Å². The van der Waals surface area contributed by atoms with Gasteiger partial charge in [0.1, 0.15) is 18.2 Å². The van der Waals surface area contributed by atoms with E-state index < -0.39 is 5.82 Å². The number of rotatable bonds is 5. The van der Waals surface area contributed by atoms with E-state index in [-0.39, 0.29) is 11.8 Å². The van der Waals surface area contributed by atoms with Gasteiger partial charge in [-0.25, -0.2) is 9.37 Å². The molecule has 8 nitrogen and oxygen atoms in total. The molecule has 1 saturated carbocycles. The summed E-state index contributed by atoms with van der Waals surface area (Å²) in [5.41, 5.74) is 4.73. The zero-order valence-corrected chi connectivity index (χ0v) is 23.0. The minimum absolute atomic E-state index is 0.00481. The number of nitrogens with zero attached hydrogens (tertiary/aromatic N) is 3. The van der Waals surface area contributed by atoms with Crippen molar-refractivity contribution in [3.8, 4) is 11.1 Å². The number of aromatic nitrogens is 3. The number of halogens is 1. The number of anilines is 3. The summed E-state index contributed by atoms with van der Waals surface area (Å²) >= 11 is 1.64. The molecule has 206 valence electrons. The molecule has 41 heavy (non-hydrogen) atoms. The van der Waals surface area contributed by atoms with E-state index in [0.29, 0.717) is 52.1 Å². The van der Waals surface area contributed by atoms with Crippen LogP contribution in [-0.4, -0.2) is 33.2 Å². The van der Waals surface area contributed by atoms with Crippen molar-refractivity contribution in [3.05, 3.63) is 94.2 Å². The highest BCUT2D eigenvalue weighted by Crippen LogP contribution is 2.36. The number of H-pyrrole nitrogens is 1. The van der Waals surface area contributed by atoms with E-state index >= 15 is 4.39 Å². The lowest BCUT2D eigenvalue weighted by Crippen LogP contribution is -2.24. The maximum absolute atomic E-state index is 16.4. The van der Waals surface area contributed by atoms with Crippen molar-refractivity contribution >= 4 is 45.7 Å². The third-order valence-electron chi connectivity index (χ3n) is 7.74. The molecule has 2 aliphatic heterocycles. The first-order valence-electron chi connectivity index (χ1n) is 13.8. The lowest BCUT2D eigenvalue weighted by molar-refractivity contribution is -0.120. The Bertz CT molecular complexity index is 1710.